The Labute approximate surface area is 226 Å². The van der Waals surface area contributed by atoms with E-state index >= 15 is 0 Å². The van der Waals surface area contributed by atoms with Crippen molar-refractivity contribution in [2.24, 2.45) is 0 Å². The summed E-state index contributed by atoms with van der Waals surface area (Å²) < 4.78 is 20.7. The van der Waals surface area contributed by atoms with Gasteiger partial charge < -0.3 is 20.3 Å². The topological polar surface area (TPSA) is 101 Å². The van der Waals surface area contributed by atoms with E-state index in [1.807, 2.05) is 49.4 Å². The quantitative estimate of drug-likeness (QED) is 0.349. The number of nitrogens with zero attached hydrogens (tertiary/aromatic N) is 4. The largest absolute Gasteiger partial charge is 0.444 e. The number of imidazole rings is 1. The number of anilines is 2. The molecule has 2 atom stereocenters. The molecule has 0 unspecified atom stereocenters. The highest BCUT2D eigenvalue weighted by molar-refractivity contribution is 5.96. The minimum absolute atomic E-state index is 0.0663. The Bertz CT molecular complexity index is 1510. The number of nitrogens with one attached hydrogen (secondary N) is 2. The van der Waals surface area contributed by atoms with Crippen molar-refractivity contribution in [2.45, 2.75) is 51.8 Å². The van der Waals surface area contributed by atoms with E-state index in [1.165, 1.54) is 12.1 Å². The molecular formula is C29H31FN6O3. The zero-order valence-electron chi connectivity index (χ0n) is 22.3. The molecule has 3 heterocycles. The molecule has 1 aliphatic heterocycles. The van der Waals surface area contributed by atoms with Crippen molar-refractivity contribution in [3.05, 3.63) is 78.2 Å². The van der Waals surface area contributed by atoms with Crippen LogP contribution in [0, 0.1) is 5.82 Å². The Hall–Kier alpha value is -4.47. The summed E-state index contributed by atoms with van der Waals surface area (Å²) in [7, 11) is 0. The van der Waals surface area contributed by atoms with Crippen molar-refractivity contribution in [1.29, 1.82) is 0 Å². The molecule has 202 valence electrons. The maximum atomic E-state index is 13.6. The molecule has 0 bridgehead atoms. The van der Waals surface area contributed by atoms with Gasteiger partial charge in [0.2, 0.25) is 5.91 Å². The number of amides is 2. The number of hydrogen-bond donors (Lipinski definition) is 2. The van der Waals surface area contributed by atoms with E-state index in [4.69, 9.17) is 9.84 Å². The van der Waals surface area contributed by atoms with Crippen LogP contribution >= 0.6 is 0 Å². The van der Waals surface area contributed by atoms with Gasteiger partial charge in [0.25, 0.3) is 0 Å². The molecule has 1 saturated heterocycles. The normalized spacial score (nSPS) is 16.4. The SMILES string of the molecule is C[C@@H](Nc1ccc2ncc(-c3ccc(N4C[C@@H](NC(=O)OC(C)(C)C)CC4=O)cc3)n2n1)c1cccc(F)c1. The van der Waals surface area contributed by atoms with Crippen molar-refractivity contribution < 1.29 is 18.7 Å². The molecule has 4 aromatic rings. The van der Waals surface area contributed by atoms with Gasteiger partial charge >= 0.3 is 6.09 Å². The average molecular weight is 531 g/mol. The highest BCUT2D eigenvalue weighted by Crippen LogP contribution is 2.27. The molecular weight excluding hydrogens is 499 g/mol. The Morgan fingerprint density at radius 2 is 1.90 bits per heavy atom. The van der Waals surface area contributed by atoms with Crippen molar-refractivity contribution in [3.63, 3.8) is 0 Å². The summed E-state index contributed by atoms with van der Waals surface area (Å²) in [5.41, 5.74) is 3.30. The molecule has 0 aliphatic carbocycles. The third-order valence-corrected chi connectivity index (χ3v) is 6.40. The van der Waals surface area contributed by atoms with Gasteiger partial charge in [0.1, 0.15) is 17.2 Å². The summed E-state index contributed by atoms with van der Waals surface area (Å²) in [6.07, 6.45) is 1.43. The summed E-state index contributed by atoms with van der Waals surface area (Å²) in [6.45, 7) is 7.70. The fourth-order valence-electron chi connectivity index (χ4n) is 4.57. The van der Waals surface area contributed by atoms with Gasteiger partial charge in [-0.05, 0) is 69.7 Å². The summed E-state index contributed by atoms with van der Waals surface area (Å²) in [5.74, 6) is 0.278. The molecule has 2 aromatic carbocycles. The highest BCUT2D eigenvalue weighted by Gasteiger charge is 2.32. The van der Waals surface area contributed by atoms with Crippen LogP contribution in [0.1, 0.15) is 45.7 Å². The molecule has 5 rings (SSSR count). The first kappa shape index (κ1) is 26.1. The third kappa shape index (κ3) is 6.00. The van der Waals surface area contributed by atoms with Gasteiger partial charge in [-0.15, -0.1) is 5.10 Å². The second-order valence-corrected chi connectivity index (χ2v) is 10.7. The van der Waals surface area contributed by atoms with Gasteiger partial charge in [-0.1, -0.05) is 24.3 Å². The number of alkyl carbamates (subject to hydrolysis) is 1. The molecule has 39 heavy (non-hydrogen) atoms. The van der Waals surface area contributed by atoms with Crippen LogP contribution in [0.15, 0.2) is 66.9 Å². The van der Waals surface area contributed by atoms with Gasteiger partial charge in [-0.3, -0.25) is 4.79 Å². The van der Waals surface area contributed by atoms with Crippen molar-refractivity contribution in [1.82, 2.24) is 19.9 Å². The third-order valence-electron chi connectivity index (χ3n) is 6.40. The minimum Gasteiger partial charge on any atom is -0.444 e. The smallest absolute Gasteiger partial charge is 0.407 e. The van der Waals surface area contributed by atoms with Gasteiger partial charge in [0.05, 0.1) is 24.0 Å². The van der Waals surface area contributed by atoms with E-state index in [0.29, 0.717) is 18.0 Å². The van der Waals surface area contributed by atoms with Crippen LogP contribution in [0.2, 0.25) is 0 Å². The lowest BCUT2D eigenvalue weighted by Crippen LogP contribution is -2.40. The van der Waals surface area contributed by atoms with Crippen LogP contribution < -0.4 is 15.5 Å². The van der Waals surface area contributed by atoms with E-state index in [1.54, 1.807) is 42.4 Å². The number of rotatable bonds is 6. The number of aromatic nitrogens is 3. The summed E-state index contributed by atoms with van der Waals surface area (Å²) >= 11 is 0. The van der Waals surface area contributed by atoms with Crippen LogP contribution in [0.3, 0.4) is 0 Å². The second kappa shape index (κ2) is 10.4. The monoisotopic (exact) mass is 530 g/mol. The molecule has 0 saturated carbocycles. The molecule has 2 N–H and O–H groups in total. The number of halogens is 1. The van der Waals surface area contributed by atoms with Crippen molar-refractivity contribution in [3.8, 4) is 11.3 Å². The zero-order chi connectivity index (χ0) is 27.7. The Balaban J connectivity index is 1.30. The molecule has 2 aromatic heterocycles. The van der Waals surface area contributed by atoms with E-state index in [2.05, 4.69) is 15.6 Å². The van der Waals surface area contributed by atoms with Crippen LogP contribution in [-0.2, 0) is 9.53 Å². The molecule has 9 nitrogen and oxygen atoms in total. The summed E-state index contributed by atoms with van der Waals surface area (Å²) in [6, 6.07) is 17.3. The zero-order valence-corrected chi connectivity index (χ0v) is 22.3. The Morgan fingerprint density at radius 3 is 2.62 bits per heavy atom. The number of hydrogen-bond acceptors (Lipinski definition) is 6. The number of fused-ring (bicyclic) bond motifs is 1. The van der Waals surface area contributed by atoms with E-state index in [0.717, 1.165) is 22.5 Å². The molecule has 2 amide bonds. The number of carbonyl (C=O) groups excluding carboxylic acids is 2. The van der Waals surface area contributed by atoms with Crippen LogP contribution in [0.25, 0.3) is 16.9 Å². The minimum atomic E-state index is -0.606. The van der Waals surface area contributed by atoms with Gasteiger partial charge in [0.15, 0.2) is 5.65 Å². The Kier molecular flexibility index (Phi) is 6.94. The fourth-order valence-corrected chi connectivity index (χ4v) is 4.57. The number of benzene rings is 2. The van der Waals surface area contributed by atoms with Crippen LogP contribution in [0.4, 0.5) is 20.7 Å². The van der Waals surface area contributed by atoms with Crippen LogP contribution in [-0.4, -0.2) is 44.8 Å². The maximum Gasteiger partial charge on any atom is 0.407 e. The predicted molar refractivity (Wildman–Crippen MR) is 147 cm³/mol. The lowest BCUT2D eigenvalue weighted by Gasteiger charge is -2.22. The molecule has 10 heteroatoms. The van der Waals surface area contributed by atoms with E-state index in [-0.39, 0.29) is 30.2 Å². The van der Waals surface area contributed by atoms with Gasteiger partial charge in [0, 0.05) is 24.2 Å². The molecule has 0 spiro atoms. The van der Waals surface area contributed by atoms with Crippen LogP contribution in [0.5, 0.6) is 0 Å². The maximum absolute atomic E-state index is 13.6. The first-order valence-corrected chi connectivity index (χ1v) is 12.8. The van der Waals surface area contributed by atoms with E-state index in [9.17, 15) is 14.0 Å². The standard InChI is InChI=1S/C29H31FN6O3/c1-18(20-6-5-7-21(30)14-20)32-25-12-13-26-31-16-24(36(26)34-25)19-8-10-23(11-9-19)35-17-22(15-27(35)37)33-28(38)39-29(2,3)4/h5-14,16,18,22H,15,17H2,1-4H3,(H,32,34)(H,33,38)/t18-,22+/m1/s1. The first-order valence-electron chi connectivity index (χ1n) is 12.8. The lowest BCUT2D eigenvalue weighted by molar-refractivity contribution is -0.117. The second-order valence-electron chi connectivity index (χ2n) is 10.7. The first-order chi connectivity index (χ1) is 18.6. The van der Waals surface area contributed by atoms with Gasteiger partial charge in [-0.25, -0.2) is 18.7 Å². The lowest BCUT2D eigenvalue weighted by atomic mass is 10.1. The predicted octanol–water partition coefficient (Wildman–Crippen LogP) is 5.34. The van der Waals surface area contributed by atoms with Gasteiger partial charge in [-0.2, -0.15) is 0 Å². The molecule has 0 radical (unpaired) electrons. The molecule has 1 fully saturated rings. The number of carbonyl (C=O) groups is 2. The summed E-state index contributed by atoms with van der Waals surface area (Å²) in [5, 5.41) is 10.8. The molecule has 1 aliphatic rings. The number of ether oxygens (including phenoxy) is 1. The van der Waals surface area contributed by atoms with Crippen molar-refractivity contribution in [2.75, 3.05) is 16.8 Å². The van der Waals surface area contributed by atoms with Crippen molar-refractivity contribution >= 4 is 29.2 Å². The van der Waals surface area contributed by atoms with E-state index < -0.39 is 11.7 Å². The Morgan fingerprint density at radius 1 is 1.13 bits per heavy atom. The fraction of sp³-hybridized carbons (Fsp3) is 0.310. The summed E-state index contributed by atoms with van der Waals surface area (Å²) in [4.78, 5) is 30.9. The highest BCUT2D eigenvalue weighted by atomic mass is 19.1. The average Bonchev–Trinajstić information content (AvgIpc) is 3.45.